The van der Waals surface area contributed by atoms with Crippen LogP contribution in [0.25, 0.3) is 10.4 Å². The van der Waals surface area contributed by atoms with E-state index in [1.54, 1.807) is 0 Å². The van der Waals surface area contributed by atoms with Crippen LogP contribution in [0.4, 0.5) is 0 Å². The molecule has 0 radical (unpaired) electrons. The van der Waals surface area contributed by atoms with Crippen LogP contribution in [0.15, 0.2) is 17.3 Å². The van der Waals surface area contributed by atoms with Gasteiger partial charge in [-0.2, -0.15) is 0 Å². The minimum atomic E-state index is -0.390. The average molecular weight is 217 g/mol. The van der Waals surface area contributed by atoms with Crippen molar-refractivity contribution in [2.24, 2.45) is 28.8 Å². The Morgan fingerprint density at radius 2 is 1.94 bits per heavy atom. The van der Waals surface area contributed by atoms with Crippen LogP contribution in [0.1, 0.15) is 25.7 Å². The van der Waals surface area contributed by atoms with Crippen LogP contribution in [0.5, 0.6) is 0 Å². The number of azide groups is 1. The molecule has 0 aromatic heterocycles. The monoisotopic (exact) mass is 217 g/mol. The van der Waals surface area contributed by atoms with E-state index in [0.29, 0.717) is 17.8 Å². The molecule has 4 rings (SSSR count). The summed E-state index contributed by atoms with van der Waals surface area (Å²) in [6, 6.07) is -0.390. The molecular formula is C12H15N3O. The zero-order chi connectivity index (χ0) is 11.1. The lowest BCUT2D eigenvalue weighted by Gasteiger charge is -2.47. The molecule has 0 N–H and O–H groups in total. The fourth-order valence-corrected chi connectivity index (χ4v) is 3.81. The molecule has 5 atom stereocenters. The third kappa shape index (κ3) is 1.30. The number of carbonyl (C=O) groups is 1. The second-order valence-corrected chi connectivity index (χ2v) is 5.18. The number of carbonyl (C=O) groups excluding carboxylic acids is 1. The zero-order valence-corrected chi connectivity index (χ0v) is 9.12. The number of fused-ring (bicyclic) bond motifs is 1. The molecule has 0 amide bonds. The standard InChI is InChI=1S/C12H15N3O/c13-15-14-10-6-5-9-7-1-3-8(4-2-7)11(9)12(10)16/h1,3,7-11H,2,4-6H2/t7-,8+,9+,10?,11-/m1/s1. The summed E-state index contributed by atoms with van der Waals surface area (Å²) in [4.78, 5) is 15.0. The molecule has 4 aliphatic carbocycles. The minimum absolute atomic E-state index is 0.146. The molecule has 2 saturated carbocycles. The number of ketones is 1. The second kappa shape index (κ2) is 3.63. The van der Waals surface area contributed by atoms with Gasteiger partial charge in [0.25, 0.3) is 0 Å². The Labute approximate surface area is 94.3 Å². The molecule has 84 valence electrons. The molecule has 2 bridgehead atoms. The lowest BCUT2D eigenvalue weighted by atomic mass is 9.56. The van der Waals surface area contributed by atoms with Crippen molar-refractivity contribution in [2.45, 2.75) is 31.7 Å². The Kier molecular flexibility index (Phi) is 2.25. The normalized spacial score (nSPS) is 45.0. The van der Waals surface area contributed by atoms with E-state index in [1.165, 1.54) is 6.42 Å². The number of Topliss-reactive ketones (excluding diaryl/α,β-unsaturated/α-hetero) is 1. The van der Waals surface area contributed by atoms with E-state index < -0.39 is 0 Å². The summed E-state index contributed by atoms with van der Waals surface area (Å²) in [5, 5.41) is 3.65. The number of hydrogen-bond acceptors (Lipinski definition) is 2. The third-order valence-electron chi connectivity index (χ3n) is 4.53. The topological polar surface area (TPSA) is 65.8 Å². The van der Waals surface area contributed by atoms with Gasteiger partial charge in [-0.05, 0) is 49.0 Å². The van der Waals surface area contributed by atoms with Crippen molar-refractivity contribution in [3.05, 3.63) is 22.6 Å². The van der Waals surface area contributed by atoms with Crippen molar-refractivity contribution in [3.63, 3.8) is 0 Å². The second-order valence-electron chi connectivity index (χ2n) is 5.18. The van der Waals surface area contributed by atoms with Crippen LogP contribution in [0.2, 0.25) is 0 Å². The summed E-state index contributed by atoms with van der Waals surface area (Å²) in [6.45, 7) is 0. The largest absolute Gasteiger partial charge is 0.299 e. The summed E-state index contributed by atoms with van der Waals surface area (Å²) in [7, 11) is 0. The molecule has 16 heavy (non-hydrogen) atoms. The highest BCUT2D eigenvalue weighted by Crippen LogP contribution is 2.50. The molecule has 0 heterocycles. The predicted molar refractivity (Wildman–Crippen MR) is 59.5 cm³/mol. The lowest BCUT2D eigenvalue weighted by Crippen LogP contribution is -2.48. The van der Waals surface area contributed by atoms with Gasteiger partial charge in [0.15, 0.2) is 0 Å². The number of hydrogen-bond donors (Lipinski definition) is 0. The van der Waals surface area contributed by atoms with Gasteiger partial charge in [0, 0.05) is 10.8 Å². The Balaban J connectivity index is 1.90. The molecule has 4 nitrogen and oxygen atoms in total. The maximum Gasteiger partial charge on any atom is 0.145 e. The number of nitrogens with zero attached hydrogens (tertiary/aromatic N) is 3. The Morgan fingerprint density at radius 1 is 1.19 bits per heavy atom. The first kappa shape index (κ1) is 9.91. The molecular weight excluding hydrogens is 202 g/mol. The molecule has 0 aliphatic heterocycles. The van der Waals surface area contributed by atoms with Crippen molar-refractivity contribution in [1.29, 1.82) is 0 Å². The predicted octanol–water partition coefficient (Wildman–Crippen LogP) is 2.86. The summed E-state index contributed by atoms with van der Waals surface area (Å²) >= 11 is 0. The van der Waals surface area contributed by atoms with Crippen LogP contribution >= 0.6 is 0 Å². The molecule has 4 aliphatic rings. The molecule has 0 saturated heterocycles. The van der Waals surface area contributed by atoms with Gasteiger partial charge in [-0.1, -0.05) is 17.3 Å². The van der Waals surface area contributed by atoms with Crippen molar-refractivity contribution in [3.8, 4) is 0 Å². The van der Waals surface area contributed by atoms with E-state index in [0.717, 1.165) is 19.3 Å². The van der Waals surface area contributed by atoms with Crippen LogP contribution in [0, 0.1) is 23.7 Å². The minimum Gasteiger partial charge on any atom is -0.299 e. The highest BCUT2D eigenvalue weighted by atomic mass is 16.1. The van der Waals surface area contributed by atoms with Gasteiger partial charge in [0.05, 0.1) is 6.04 Å². The van der Waals surface area contributed by atoms with Crippen LogP contribution in [0.3, 0.4) is 0 Å². The lowest BCUT2D eigenvalue weighted by molar-refractivity contribution is -0.133. The van der Waals surface area contributed by atoms with Gasteiger partial charge < -0.3 is 0 Å². The van der Waals surface area contributed by atoms with E-state index in [1.807, 2.05) is 0 Å². The van der Waals surface area contributed by atoms with Crippen molar-refractivity contribution in [2.75, 3.05) is 0 Å². The van der Waals surface area contributed by atoms with Gasteiger partial charge in [-0.15, -0.1) is 0 Å². The highest BCUT2D eigenvalue weighted by molar-refractivity contribution is 5.88. The highest BCUT2D eigenvalue weighted by Gasteiger charge is 2.48. The smallest absolute Gasteiger partial charge is 0.145 e. The summed E-state index contributed by atoms with van der Waals surface area (Å²) < 4.78 is 0. The van der Waals surface area contributed by atoms with E-state index in [2.05, 4.69) is 22.2 Å². The van der Waals surface area contributed by atoms with E-state index in [9.17, 15) is 4.79 Å². The maximum atomic E-state index is 12.2. The Hall–Kier alpha value is -1.28. The van der Waals surface area contributed by atoms with Crippen molar-refractivity contribution >= 4 is 5.78 Å². The zero-order valence-electron chi connectivity index (χ0n) is 9.12. The van der Waals surface area contributed by atoms with Crippen LogP contribution < -0.4 is 0 Å². The first-order chi connectivity index (χ1) is 7.81. The molecule has 0 spiro atoms. The van der Waals surface area contributed by atoms with Gasteiger partial charge in [-0.25, -0.2) is 0 Å². The summed E-state index contributed by atoms with van der Waals surface area (Å²) in [5.74, 6) is 1.90. The number of rotatable bonds is 1. The average Bonchev–Trinajstić information content (AvgIpc) is 2.34. The molecule has 4 heteroatoms. The van der Waals surface area contributed by atoms with Crippen LogP contribution in [-0.2, 0) is 4.79 Å². The Bertz CT molecular complexity index is 397. The fourth-order valence-electron chi connectivity index (χ4n) is 3.81. The van der Waals surface area contributed by atoms with Crippen molar-refractivity contribution in [1.82, 2.24) is 0 Å². The molecule has 2 fully saturated rings. The molecule has 0 aromatic rings. The van der Waals surface area contributed by atoms with Gasteiger partial charge in [0.2, 0.25) is 0 Å². The first-order valence-electron chi connectivity index (χ1n) is 6.07. The first-order valence-corrected chi connectivity index (χ1v) is 6.07. The number of allylic oxidation sites excluding steroid dienone is 2. The van der Waals surface area contributed by atoms with Crippen molar-refractivity contribution < 1.29 is 4.79 Å². The SMILES string of the molecule is [N-]=[N+]=NC1CC[C@@H]2[C@H](C1=O)[C@H]1C=C[C@@H]2CC1. The van der Waals surface area contributed by atoms with E-state index >= 15 is 0 Å². The van der Waals surface area contributed by atoms with Gasteiger partial charge >= 0.3 is 0 Å². The summed E-state index contributed by atoms with van der Waals surface area (Å²) in [5.41, 5.74) is 8.46. The third-order valence-corrected chi connectivity index (χ3v) is 4.53. The van der Waals surface area contributed by atoms with Crippen LogP contribution in [-0.4, -0.2) is 11.8 Å². The molecule has 0 aromatic carbocycles. The summed E-state index contributed by atoms with van der Waals surface area (Å²) in [6.07, 6.45) is 8.69. The van der Waals surface area contributed by atoms with Gasteiger partial charge in [0.1, 0.15) is 5.78 Å². The van der Waals surface area contributed by atoms with E-state index in [4.69, 9.17) is 5.53 Å². The maximum absolute atomic E-state index is 12.2. The van der Waals surface area contributed by atoms with E-state index in [-0.39, 0.29) is 17.7 Å². The molecule has 1 unspecified atom stereocenters. The fraction of sp³-hybridized carbons (Fsp3) is 0.750. The Morgan fingerprint density at radius 3 is 2.62 bits per heavy atom. The quantitative estimate of drug-likeness (QED) is 0.288. The van der Waals surface area contributed by atoms with Gasteiger partial charge in [-0.3, -0.25) is 4.79 Å².